The van der Waals surface area contributed by atoms with Gasteiger partial charge in [-0.1, -0.05) is 74.5 Å². The number of rotatable bonds is 19. The molecule has 2 aromatic rings. The van der Waals surface area contributed by atoms with Crippen LogP contribution in [0.1, 0.15) is 111 Å². The van der Waals surface area contributed by atoms with Crippen LogP contribution in [-0.4, -0.2) is 133 Å². The number of amides is 8. The van der Waals surface area contributed by atoms with E-state index in [-0.39, 0.29) is 64.2 Å². The maximum absolute atomic E-state index is 15.6. The highest BCUT2D eigenvalue weighted by molar-refractivity contribution is 5.95. The smallest absolute Gasteiger partial charge is 0.408 e. The van der Waals surface area contributed by atoms with Gasteiger partial charge in [-0.3, -0.25) is 19.2 Å². The van der Waals surface area contributed by atoms with Crippen LogP contribution in [0.3, 0.4) is 0 Å². The first-order chi connectivity index (χ1) is 32.3. The van der Waals surface area contributed by atoms with Crippen molar-refractivity contribution in [3.05, 3.63) is 71.8 Å². The summed E-state index contributed by atoms with van der Waals surface area (Å²) >= 11 is 0. The molecule has 6 N–H and O–H groups in total. The van der Waals surface area contributed by atoms with Crippen molar-refractivity contribution in [3.63, 3.8) is 0 Å². The van der Waals surface area contributed by atoms with E-state index in [1.165, 1.54) is 11.9 Å². The molecule has 0 unspecified atom stereocenters. The third-order valence-electron chi connectivity index (χ3n) is 10.8. The van der Waals surface area contributed by atoms with Gasteiger partial charge in [0, 0.05) is 52.5 Å². The van der Waals surface area contributed by atoms with E-state index in [0.29, 0.717) is 24.8 Å². The summed E-state index contributed by atoms with van der Waals surface area (Å²) in [4.78, 5) is 97.5. The van der Waals surface area contributed by atoms with Crippen LogP contribution in [0.4, 0.5) is 23.2 Å². The number of hydrogen-bond acceptors (Lipinski definition) is 9. The second kappa shape index (κ2) is 27.2. The summed E-state index contributed by atoms with van der Waals surface area (Å²) in [6, 6.07) is 12.5. The van der Waals surface area contributed by atoms with Gasteiger partial charge in [0.15, 0.2) is 0 Å². The number of unbranched alkanes of at least 4 members (excludes halogenated alkanes) is 1. The third-order valence-corrected chi connectivity index (χ3v) is 10.8. The van der Waals surface area contributed by atoms with Crippen LogP contribution >= 0.6 is 0 Å². The summed E-state index contributed by atoms with van der Waals surface area (Å²) in [5.41, 5.74) is -0.173. The van der Waals surface area contributed by atoms with Gasteiger partial charge in [0.05, 0.1) is 6.54 Å². The number of alkyl halides is 2. The minimum absolute atomic E-state index is 0.00140. The molecule has 1 heterocycles. The summed E-state index contributed by atoms with van der Waals surface area (Å²) in [5, 5.41) is 16.2. The van der Waals surface area contributed by atoms with Gasteiger partial charge in [-0.15, -0.1) is 0 Å². The molecule has 3 rings (SSSR count). The lowest BCUT2D eigenvalue weighted by Gasteiger charge is -2.34. The van der Waals surface area contributed by atoms with Gasteiger partial charge in [-0.05, 0) is 97.1 Å². The molecule has 1 aliphatic rings. The quantitative estimate of drug-likeness (QED) is 0.0930. The maximum atomic E-state index is 15.6. The molecule has 2 aromatic carbocycles. The van der Waals surface area contributed by atoms with Gasteiger partial charge in [0.2, 0.25) is 23.6 Å². The Morgan fingerprint density at radius 3 is 1.64 bits per heavy atom. The summed E-state index contributed by atoms with van der Waals surface area (Å²) in [5.74, 6) is -6.43. The molecule has 8 amide bonds. The second-order valence-electron chi connectivity index (χ2n) is 19.9. The van der Waals surface area contributed by atoms with Crippen LogP contribution in [0.5, 0.6) is 0 Å². The van der Waals surface area contributed by atoms with E-state index in [1.54, 1.807) is 96.1 Å². The lowest BCUT2D eigenvalue weighted by atomic mass is 9.99. The van der Waals surface area contributed by atoms with Gasteiger partial charge in [-0.25, -0.2) is 23.2 Å². The third kappa shape index (κ3) is 22.3. The van der Waals surface area contributed by atoms with Gasteiger partial charge in [-0.2, -0.15) is 0 Å². The van der Waals surface area contributed by atoms with E-state index in [4.69, 9.17) is 9.47 Å². The minimum atomic E-state index is -3.37. The summed E-state index contributed by atoms with van der Waals surface area (Å²) in [6.07, 6.45) is -0.609. The normalized spacial score (nSPS) is 16.1. The van der Waals surface area contributed by atoms with Crippen LogP contribution in [0.15, 0.2) is 60.7 Å². The molecular weight excluding hydrogens is 895 g/mol. The largest absolute Gasteiger partial charge is 0.444 e. The maximum Gasteiger partial charge on any atom is 0.408 e. The molecule has 0 saturated carbocycles. The van der Waals surface area contributed by atoms with E-state index in [2.05, 4.69) is 31.9 Å². The highest BCUT2D eigenvalue weighted by Crippen LogP contribution is 2.24. The van der Waals surface area contributed by atoms with Crippen LogP contribution in [0.25, 0.3) is 0 Å². The van der Waals surface area contributed by atoms with Gasteiger partial charge >= 0.3 is 18.2 Å². The molecule has 1 aliphatic heterocycles. The van der Waals surface area contributed by atoms with Crippen LogP contribution < -0.4 is 31.9 Å². The molecule has 384 valence electrons. The molecule has 17 nitrogen and oxygen atoms in total. The molecule has 0 bridgehead atoms. The Hall–Kier alpha value is -6.01. The van der Waals surface area contributed by atoms with E-state index in [1.807, 2.05) is 19.9 Å². The molecule has 4 atom stereocenters. The molecule has 1 fully saturated rings. The van der Waals surface area contributed by atoms with Crippen molar-refractivity contribution in [1.29, 1.82) is 0 Å². The zero-order valence-electron chi connectivity index (χ0n) is 41.9. The summed E-state index contributed by atoms with van der Waals surface area (Å²) in [6.45, 7) is 13.1. The number of urea groups is 1. The number of halogens is 2. The van der Waals surface area contributed by atoms with E-state index < -0.39 is 96.1 Å². The standard InChI is InChI=1S/C50H76F2N8O9/c1-34(2)30-38(56-42(62)39(31-35-20-12-10-13-21-35)57-43(63)40(32-36-22-14-11-15-23-36)58-47(67)69-49(6,7)8)41(61)55-37(24-16-17-26-54-46(66)68-48(3,4)5)44(64)60-28-19-18-27-59(45(65)53-9)29-25-50(51,52)33-60/h10-15,20-23,34,37-40H,16-19,24-33H2,1-9H3,(H,53,65)(H,54,66)(H,55,61)(H,56,62)(H,57,63)(H,58,67)/t37-,38-,39-,40-/m1/s1. The van der Waals surface area contributed by atoms with E-state index >= 15 is 8.78 Å². The summed E-state index contributed by atoms with van der Waals surface area (Å²) < 4.78 is 42.0. The zero-order valence-corrected chi connectivity index (χ0v) is 41.9. The van der Waals surface area contributed by atoms with Gasteiger partial charge in [0.25, 0.3) is 5.92 Å². The number of carbonyl (C=O) groups is 7. The van der Waals surface area contributed by atoms with Crippen molar-refractivity contribution in [2.75, 3.05) is 39.8 Å². The Morgan fingerprint density at radius 2 is 1.12 bits per heavy atom. The highest BCUT2D eigenvalue weighted by atomic mass is 19.3. The monoisotopic (exact) mass is 971 g/mol. The predicted octanol–water partition coefficient (Wildman–Crippen LogP) is 5.85. The van der Waals surface area contributed by atoms with Crippen LogP contribution in [-0.2, 0) is 41.5 Å². The lowest BCUT2D eigenvalue weighted by molar-refractivity contribution is -0.142. The minimum Gasteiger partial charge on any atom is -0.444 e. The molecule has 1 saturated heterocycles. The van der Waals surface area contributed by atoms with Gasteiger partial charge in [0.1, 0.15) is 35.4 Å². The Balaban J connectivity index is 1.92. The van der Waals surface area contributed by atoms with Crippen molar-refractivity contribution in [2.45, 2.75) is 154 Å². The first kappa shape index (κ1) is 57.3. The molecule has 0 aromatic heterocycles. The van der Waals surface area contributed by atoms with E-state index in [9.17, 15) is 33.6 Å². The fourth-order valence-corrected chi connectivity index (χ4v) is 7.55. The zero-order chi connectivity index (χ0) is 51.4. The molecule has 19 heteroatoms. The van der Waals surface area contributed by atoms with Crippen molar-refractivity contribution in [3.8, 4) is 0 Å². The fourth-order valence-electron chi connectivity index (χ4n) is 7.55. The average molecular weight is 971 g/mol. The fraction of sp³-hybridized carbons (Fsp3) is 0.620. The Bertz CT molecular complexity index is 1980. The Morgan fingerprint density at radius 1 is 0.638 bits per heavy atom. The van der Waals surface area contributed by atoms with Crippen molar-refractivity contribution in [1.82, 2.24) is 41.7 Å². The molecule has 0 spiro atoms. The lowest BCUT2D eigenvalue weighted by Crippen LogP contribution is -2.59. The Labute approximate surface area is 406 Å². The van der Waals surface area contributed by atoms with Crippen LogP contribution in [0.2, 0.25) is 0 Å². The number of alkyl carbamates (subject to hydrolysis) is 2. The number of carbonyl (C=O) groups excluding carboxylic acids is 7. The topological polar surface area (TPSA) is 217 Å². The number of nitrogens with one attached hydrogen (secondary N) is 6. The number of nitrogens with zero attached hydrogens (tertiary/aromatic N) is 2. The predicted molar refractivity (Wildman–Crippen MR) is 258 cm³/mol. The number of hydrogen-bond donors (Lipinski definition) is 6. The molecule has 0 radical (unpaired) electrons. The molecule has 0 aliphatic carbocycles. The first-order valence-corrected chi connectivity index (χ1v) is 23.9. The Kier molecular flexibility index (Phi) is 22.6. The van der Waals surface area contributed by atoms with E-state index in [0.717, 1.165) is 10.5 Å². The summed E-state index contributed by atoms with van der Waals surface area (Å²) in [7, 11) is 1.43. The van der Waals surface area contributed by atoms with Crippen molar-refractivity contribution in [2.24, 2.45) is 5.92 Å². The second-order valence-corrected chi connectivity index (χ2v) is 19.9. The number of benzene rings is 2. The SMILES string of the molecule is CNC(=O)N1CCCCN(C(=O)[C@@H](CCCCNC(=O)OC(C)(C)C)NC(=O)[C@@H](CC(C)C)NC(=O)[C@@H](Cc2ccccc2)NC(=O)[C@@H](Cc2ccccc2)NC(=O)OC(C)(C)C)CC(F)(F)CC1. The van der Waals surface area contributed by atoms with Gasteiger partial charge < -0.3 is 51.2 Å². The first-order valence-electron chi connectivity index (χ1n) is 23.9. The van der Waals surface area contributed by atoms with Crippen molar-refractivity contribution >= 4 is 41.8 Å². The van der Waals surface area contributed by atoms with Crippen molar-refractivity contribution < 1.29 is 51.8 Å². The van der Waals surface area contributed by atoms with Crippen LogP contribution in [0, 0.1) is 5.92 Å². The molecule has 69 heavy (non-hydrogen) atoms. The highest BCUT2D eigenvalue weighted by Gasteiger charge is 2.39. The molecular formula is C50H76F2N8O9. The average Bonchev–Trinajstić information content (AvgIpc) is 3.25. The number of ether oxygens (including phenoxy) is 2.